The van der Waals surface area contributed by atoms with E-state index in [2.05, 4.69) is 42.5 Å². The number of rotatable bonds is 8. The molecule has 2 saturated carbocycles. The Labute approximate surface area is 389 Å². The van der Waals surface area contributed by atoms with Crippen LogP contribution in [-0.4, -0.2) is 53.7 Å². The Kier molecular flexibility index (Phi) is 10.6. The number of hydrogen-bond donors (Lipinski definition) is 3. The molecule has 7 aromatic carbocycles. The maximum absolute atomic E-state index is 14.5. The molecular formula is C58H54O9. The van der Waals surface area contributed by atoms with Crippen molar-refractivity contribution < 1.29 is 43.9 Å². The smallest absolute Gasteiger partial charge is 0.310 e. The number of phenols is 3. The molecule has 0 radical (unpaired) electrons. The van der Waals surface area contributed by atoms with Gasteiger partial charge in [0.15, 0.2) is 23.0 Å². The van der Waals surface area contributed by atoms with Gasteiger partial charge >= 0.3 is 11.9 Å². The lowest BCUT2D eigenvalue weighted by atomic mass is 9.39. The molecule has 2 fully saturated rings. The number of phenolic OH excluding ortho intramolecular Hbond substituents is 3. The third kappa shape index (κ3) is 7.21. The fourth-order valence-corrected chi connectivity index (χ4v) is 13.5. The van der Waals surface area contributed by atoms with E-state index in [4.69, 9.17) is 18.9 Å². The van der Waals surface area contributed by atoms with Crippen molar-refractivity contribution >= 4 is 33.5 Å². The quantitative estimate of drug-likeness (QED) is 0.128. The molecule has 0 bridgehead atoms. The maximum atomic E-state index is 14.5. The number of hydrogen-bond acceptors (Lipinski definition) is 9. The van der Waals surface area contributed by atoms with E-state index in [0.717, 1.165) is 79.8 Å². The van der Waals surface area contributed by atoms with Gasteiger partial charge in [-0.15, -0.1) is 0 Å². The fraction of sp³-hybridized carbons (Fsp3) is 0.310. The molecule has 0 aliphatic heterocycles. The Morgan fingerprint density at radius 1 is 0.672 bits per heavy atom. The van der Waals surface area contributed by atoms with Gasteiger partial charge in [0.25, 0.3) is 0 Å². The van der Waals surface area contributed by atoms with E-state index >= 15 is 0 Å². The molecule has 4 aliphatic carbocycles. The van der Waals surface area contributed by atoms with Gasteiger partial charge in [-0.05, 0) is 164 Å². The van der Waals surface area contributed by atoms with Crippen molar-refractivity contribution in [2.75, 3.05) is 14.2 Å². The van der Waals surface area contributed by atoms with Crippen LogP contribution in [0.4, 0.5) is 0 Å². The molecule has 8 atom stereocenters. The highest BCUT2D eigenvalue weighted by Gasteiger charge is 2.65. The number of carbonyl (C=O) groups is 2. The fourth-order valence-electron chi connectivity index (χ4n) is 13.5. The van der Waals surface area contributed by atoms with Gasteiger partial charge in [0.05, 0.1) is 20.6 Å². The maximum Gasteiger partial charge on any atom is 0.310 e. The molecule has 0 spiro atoms. The van der Waals surface area contributed by atoms with Crippen molar-refractivity contribution in [2.45, 2.75) is 81.3 Å². The summed E-state index contributed by atoms with van der Waals surface area (Å²) in [7, 11) is 3.13. The first-order chi connectivity index (χ1) is 32.5. The van der Waals surface area contributed by atoms with E-state index in [-0.39, 0.29) is 65.6 Å². The highest BCUT2D eigenvalue weighted by molar-refractivity contribution is 5.98. The van der Waals surface area contributed by atoms with Gasteiger partial charge < -0.3 is 34.3 Å². The summed E-state index contributed by atoms with van der Waals surface area (Å²) in [6, 6.07) is 42.2. The predicted octanol–water partition coefficient (Wildman–Crippen LogP) is 11.2. The van der Waals surface area contributed by atoms with Crippen molar-refractivity contribution in [3.8, 4) is 39.9 Å². The van der Waals surface area contributed by atoms with Crippen LogP contribution in [0.5, 0.6) is 28.7 Å². The summed E-state index contributed by atoms with van der Waals surface area (Å²) in [5.41, 5.74) is 7.41. The van der Waals surface area contributed by atoms with E-state index in [0.29, 0.717) is 24.3 Å². The largest absolute Gasteiger partial charge is 0.508 e. The number of fused-ring (bicyclic) bond motifs is 6. The summed E-state index contributed by atoms with van der Waals surface area (Å²) in [6.07, 6.45) is 2.44. The molecule has 9 heteroatoms. The Morgan fingerprint density at radius 3 is 2.19 bits per heavy atom. The second kappa shape index (κ2) is 16.7. The molecule has 9 nitrogen and oxygen atoms in total. The van der Waals surface area contributed by atoms with Crippen molar-refractivity contribution in [1.82, 2.24) is 0 Å². The number of esters is 2. The SMILES string of the molecule is COc1cc2c(cc1O)C1CCC3Cc4cc(O)c(OC)cc4C4CC(OC(=O)Cc5ccc6cc(O)cc(-c7ccccc7)c6c5)CC(OC(C)=O)C(C2)C1(c1ccc2ccccc2c1)C34. The standard InChI is InChI=1S/C58H54O9/c1-32(59)66-53-29-43(67-56(63)20-33-13-14-37-23-42(60)27-45(44(37)19-33)35-10-5-4-6-11-35)28-48-46-31-55(65-3)51(61)25-39(46)21-38-16-18-49-47-30-52(62)54(64-2)26-40(47)24-50(53)58(49,57(38)48)41-17-15-34-9-7-8-12-36(34)22-41/h4-15,17,19,22-23,25-27,30-31,38,43,48-50,53,57,60-62H,16,18,20-21,24,28-29H2,1-3H3. The number of benzene rings is 7. The van der Waals surface area contributed by atoms with Crippen LogP contribution in [0.1, 0.15) is 77.8 Å². The molecule has 8 unspecified atom stereocenters. The number of carbonyl (C=O) groups excluding carboxylic acids is 2. The second-order valence-corrected chi connectivity index (χ2v) is 19.3. The van der Waals surface area contributed by atoms with Gasteiger partial charge in [-0.1, -0.05) is 84.9 Å². The van der Waals surface area contributed by atoms with Gasteiger partial charge in [-0.25, -0.2) is 0 Å². The first-order valence-electron chi connectivity index (χ1n) is 23.5. The third-order valence-electron chi connectivity index (χ3n) is 15.8. The number of aromatic hydroxyl groups is 3. The van der Waals surface area contributed by atoms with Crippen LogP contribution in [0, 0.1) is 17.8 Å². The Balaban J connectivity index is 1.07. The van der Waals surface area contributed by atoms with E-state index in [1.807, 2.05) is 72.8 Å². The zero-order chi connectivity index (χ0) is 46.1. The summed E-state index contributed by atoms with van der Waals surface area (Å²) in [5.74, 6) is -0.0349. The van der Waals surface area contributed by atoms with E-state index in [9.17, 15) is 24.9 Å². The van der Waals surface area contributed by atoms with Gasteiger partial charge in [-0.2, -0.15) is 0 Å². The molecule has 3 N–H and O–H groups in total. The van der Waals surface area contributed by atoms with Crippen LogP contribution < -0.4 is 9.47 Å². The minimum atomic E-state index is -0.644. The summed E-state index contributed by atoms with van der Waals surface area (Å²) in [6.45, 7) is 1.46. The molecule has 340 valence electrons. The normalized spacial score (nSPS) is 24.9. The second-order valence-electron chi connectivity index (χ2n) is 19.3. The molecule has 0 saturated heterocycles. The monoisotopic (exact) mass is 894 g/mol. The van der Waals surface area contributed by atoms with Crippen molar-refractivity contribution in [3.63, 3.8) is 0 Å². The van der Waals surface area contributed by atoms with Gasteiger partial charge in [0.1, 0.15) is 18.0 Å². The van der Waals surface area contributed by atoms with Crippen LogP contribution in [0.2, 0.25) is 0 Å². The molecule has 7 aromatic rings. The molecule has 0 aromatic heterocycles. The summed E-state index contributed by atoms with van der Waals surface area (Å²) in [4.78, 5) is 28.0. The minimum Gasteiger partial charge on any atom is -0.508 e. The number of ether oxygens (including phenoxy) is 4. The number of methoxy groups -OCH3 is 2. The van der Waals surface area contributed by atoms with E-state index in [1.165, 1.54) is 12.5 Å². The molecule has 67 heavy (non-hydrogen) atoms. The van der Waals surface area contributed by atoms with Gasteiger partial charge in [-0.3, -0.25) is 9.59 Å². The summed E-state index contributed by atoms with van der Waals surface area (Å²) in [5, 5.41) is 37.4. The first kappa shape index (κ1) is 42.6. The molecule has 0 heterocycles. The lowest BCUT2D eigenvalue weighted by molar-refractivity contribution is -0.166. The lowest BCUT2D eigenvalue weighted by Crippen LogP contribution is -2.63. The summed E-state index contributed by atoms with van der Waals surface area (Å²) < 4.78 is 24.8. The van der Waals surface area contributed by atoms with Crippen LogP contribution in [0.25, 0.3) is 32.7 Å². The average Bonchev–Trinajstić information content (AvgIpc) is 3.32. The highest BCUT2D eigenvalue weighted by atomic mass is 16.6. The zero-order valence-corrected chi connectivity index (χ0v) is 37.9. The predicted molar refractivity (Wildman–Crippen MR) is 257 cm³/mol. The van der Waals surface area contributed by atoms with Crippen LogP contribution in [0.3, 0.4) is 0 Å². The van der Waals surface area contributed by atoms with E-state index in [1.54, 1.807) is 26.4 Å². The Bertz CT molecular complexity index is 3090. The van der Waals surface area contributed by atoms with Gasteiger partial charge in [0.2, 0.25) is 0 Å². The first-order valence-corrected chi connectivity index (χ1v) is 23.5. The molecular weight excluding hydrogens is 841 g/mol. The van der Waals surface area contributed by atoms with Crippen LogP contribution in [-0.2, 0) is 43.7 Å². The van der Waals surface area contributed by atoms with Crippen molar-refractivity contribution in [1.29, 1.82) is 0 Å². The topological polar surface area (TPSA) is 132 Å². The van der Waals surface area contributed by atoms with Crippen LogP contribution >= 0.6 is 0 Å². The Morgan fingerprint density at radius 2 is 1.40 bits per heavy atom. The van der Waals surface area contributed by atoms with Crippen molar-refractivity contribution in [2.24, 2.45) is 17.8 Å². The summed E-state index contributed by atoms with van der Waals surface area (Å²) >= 11 is 0. The Hall–Kier alpha value is -7.00. The molecule has 0 amide bonds. The molecule has 11 rings (SSSR count). The van der Waals surface area contributed by atoms with Crippen LogP contribution in [0.15, 0.2) is 127 Å². The third-order valence-corrected chi connectivity index (χ3v) is 15.8. The molecule has 4 aliphatic rings. The highest BCUT2D eigenvalue weighted by Crippen LogP contribution is 2.69. The average molecular weight is 895 g/mol. The van der Waals surface area contributed by atoms with E-state index < -0.39 is 23.6 Å². The zero-order valence-electron chi connectivity index (χ0n) is 37.9. The lowest BCUT2D eigenvalue weighted by Gasteiger charge is -2.65. The van der Waals surface area contributed by atoms with Crippen molar-refractivity contribution in [3.05, 3.63) is 161 Å². The van der Waals surface area contributed by atoms with Gasteiger partial charge in [0, 0.05) is 24.7 Å². The minimum absolute atomic E-state index is 0.0119.